The van der Waals surface area contributed by atoms with Crippen LogP contribution in [0.25, 0.3) is 0 Å². The van der Waals surface area contributed by atoms with Crippen molar-refractivity contribution in [2.24, 2.45) is 0 Å². The Morgan fingerprint density at radius 3 is 2.70 bits per heavy atom. The van der Waals surface area contributed by atoms with Gasteiger partial charge in [0, 0.05) is 11.4 Å². The molecule has 10 heteroatoms. The fourth-order valence-electron chi connectivity index (χ4n) is 4.15. The first-order chi connectivity index (χ1) is 14.4. The zero-order chi connectivity index (χ0) is 21.3. The van der Waals surface area contributed by atoms with Crippen molar-refractivity contribution in [2.45, 2.75) is 61.6 Å². The third-order valence-electron chi connectivity index (χ3n) is 5.64. The van der Waals surface area contributed by atoms with E-state index < -0.39 is 16.1 Å². The van der Waals surface area contributed by atoms with Crippen LogP contribution in [0.2, 0.25) is 4.34 Å². The predicted octanol–water partition coefficient (Wildman–Crippen LogP) is 4.79. The van der Waals surface area contributed by atoms with Crippen LogP contribution >= 0.6 is 34.3 Å². The lowest BCUT2D eigenvalue weighted by molar-refractivity contribution is -0.120. The highest BCUT2D eigenvalue weighted by Crippen LogP contribution is 2.38. The van der Waals surface area contributed by atoms with Gasteiger partial charge in [-0.05, 0) is 56.2 Å². The smallest absolute Gasteiger partial charge is 0.253 e. The van der Waals surface area contributed by atoms with E-state index in [0.29, 0.717) is 34.3 Å². The molecule has 1 aliphatic carbocycles. The average Bonchev–Trinajstić information content (AvgIpc) is 3.24. The van der Waals surface area contributed by atoms with Crippen LogP contribution in [0, 0.1) is 11.3 Å². The number of nitriles is 1. The van der Waals surface area contributed by atoms with Gasteiger partial charge in [-0.1, -0.05) is 24.4 Å². The fraction of sp³-hybridized carbons (Fsp3) is 0.500. The van der Waals surface area contributed by atoms with Crippen LogP contribution < -0.4 is 5.32 Å². The molecule has 1 unspecified atom stereocenters. The monoisotopic (exact) mass is 483 g/mol. The first kappa shape index (κ1) is 21.8. The van der Waals surface area contributed by atoms with Crippen LogP contribution in [0.3, 0.4) is 0 Å². The quantitative estimate of drug-likeness (QED) is 0.633. The SMILES string of the molecule is N#Cc1c(NC(=O)C2CCCCN2S(=O)(=O)c2ccc(Cl)s2)sc2c1CCCCC2. The van der Waals surface area contributed by atoms with Gasteiger partial charge in [0.2, 0.25) is 5.91 Å². The van der Waals surface area contributed by atoms with Crippen LogP contribution in [0.1, 0.15) is 54.5 Å². The highest BCUT2D eigenvalue weighted by Gasteiger charge is 2.39. The minimum absolute atomic E-state index is 0.146. The van der Waals surface area contributed by atoms with Crippen LogP contribution in [-0.2, 0) is 27.7 Å². The number of aryl methyl sites for hydroxylation is 1. The molecule has 1 atom stereocenters. The summed E-state index contributed by atoms with van der Waals surface area (Å²) >= 11 is 8.39. The summed E-state index contributed by atoms with van der Waals surface area (Å²) < 4.78 is 28.1. The van der Waals surface area contributed by atoms with Crippen LogP contribution in [0.5, 0.6) is 0 Å². The molecule has 2 aromatic heterocycles. The number of piperidine rings is 1. The van der Waals surface area contributed by atoms with Gasteiger partial charge >= 0.3 is 0 Å². The molecule has 3 heterocycles. The van der Waals surface area contributed by atoms with E-state index >= 15 is 0 Å². The number of halogens is 1. The summed E-state index contributed by atoms with van der Waals surface area (Å²) in [7, 11) is -3.81. The molecule has 1 fully saturated rings. The van der Waals surface area contributed by atoms with E-state index in [2.05, 4.69) is 11.4 Å². The van der Waals surface area contributed by atoms with Gasteiger partial charge in [0.25, 0.3) is 10.0 Å². The van der Waals surface area contributed by atoms with Crippen molar-refractivity contribution >= 4 is 55.2 Å². The molecule has 0 radical (unpaired) electrons. The Kier molecular flexibility index (Phi) is 6.51. The van der Waals surface area contributed by atoms with Crippen molar-refractivity contribution in [1.29, 1.82) is 5.26 Å². The van der Waals surface area contributed by atoms with E-state index in [0.717, 1.165) is 55.4 Å². The number of amides is 1. The first-order valence-corrected chi connectivity index (χ1v) is 13.5. The lowest BCUT2D eigenvalue weighted by Crippen LogP contribution is -2.49. The van der Waals surface area contributed by atoms with Gasteiger partial charge in [0.05, 0.1) is 9.90 Å². The number of thiophene rings is 2. The lowest BCUT2D eigenvalue weighted by Gasteiger charge is -2.33. The van der Waals surface area contributed by atoms with Crippen molar-refractivity contribution in [1.82, 2.24) is 4.31 Å². The molecule has 1 saturated heterocycles. The normalized spacial score (nSPS) is 20.2. The molecule has 0 bridgehead atoms. The molecule has 0 spiro atoms. The van der Waals surface area contributed by atoms with E-state index in [1.54, 1.807) is 6.07 Å². The molecular formula is C20H22ClN3O3S3. The number of fused-ring (bicyclic) bond motifs is 1. The Labute approximate surface area is 189 Å². The molecule has 160 valence electrons. The fourth-order valence-corrected chi connectivity index (χ4v) is 8.66. The van der Waals surface area contributed by atoms with Gasteiger partial charge in [0.15, 0.2) is 0 Å². The summed E-state index contributed by atoms with van der Waals surface area (Å²) in [6.07, 6.45) is 7.00. The summed E-state index contributed by atoms with van der Waals surface area (Å²) in [5.41, 5.74) is 1.59. The standard InChI is InChI=1S/C20H22ClN3O3S3/c21-17-9-10-18(29-17)30(26,27)24-11-5-4-7-15(24)19(25)23-20-14(12-22)13-6-2-1-3-8-16(13)28-20/h9-10,15H,1-8,11H2,(H,23,25). The summed E-state index contributed by atoms with van der Waals surface area (Å²) in [6, 6.07) is 4.50. The Hall–Kier alpha value is -1.44. The highest BCUT2D eigenvalue weighted by molar-refractivity contribution is 7.91. The summed E-state index contributed by atoms with van der Waals surface area (Å²) in [5.74, 6) is -0.367. The molecule has 0 saturated carbocycles. The van der Waals surface area contributed by atoms with Crippen molar-refractivity contribution in [3.05, 3.63) is 32.5 Å². The lowest BCUT2D eigenvalue weighted by atomic mass is 10.0. The van der Waals surface area contributed by atoms with Gasteiger partial charge < -0.3 is 5.32 Å². The first-order valence-electron chi connectivity index (χ1n) is 10.0. The number of carbonyl (C=O) groups is 1. The molecule has 1 N–H and O–H groups in total. The minimum atomic E-state index is -3.81. The topological polar surface area (TPSA) is 90.3 Å². The number of sulfonamides is 1. The molecule has 30 heavy (non-hydrogen) atoms. The van der Waals surface area contributed by atoms with Gasteiger partial charge in [-0.2, -0.15) is 9.57 Å². The number of nitrogens with one attached hydrogen (secondary N) is 1. The number of nitrogens with zero attached hydrogens (tertiary/aromatic N) is 2. The zero-order valence-electron chi connectivity index (χ0n) is 16.3. The number of rotatable bonds is 4. The van der Waals surface area contributed by atoms with Crippen LogP contribution in [-0.4, -0.2) is 31.2 Å². The average molecular weight is 484 g/mol. The molecular weight excluding hydrogens is 462 g/mol. The zero-order valence-corrected chi connectivity index (χ0v) is 19.5. The van der Waals surface area contributed by atoms with E-state index in [4.69, 9.17) is 11.6 Å². The maximum Gasteiger partial charge on any atom is 0.253 e. The van der Waals surface area contributed by atoms with Crippen LogP contribution in [0.15, 0.2) is 16.3 Å². The Morgan fingerprint density at radius 1 is 1.17 bits per heavy atom. The maximum atomic E-state index is 13.2. The van der Waals surface area contributed by atoms with E-state index in [-0.39, 0.29) is 10.1 Å². The minimum Gasteiger partial charge on any atom is -0.315 e. The van der Waals surface area contributed by atoms with Crippen molar-refractivity contribution < 1.29 is 13.2 Å². The molecule has 0 aromatic carbocycles. The van der Waals surface area contributed by atoms with E-state index in [9.17, 15) is 18.5 Å². The molecule has 4 rings (SSSR count). The van der Waals surface area contributed by atoms with Gasteiger partial charge in [-0.25, -0.2) is 8.42 Å². The summed E-state index contributed by atoms with van der Waals surface area (Å²) in [4.78, 5) is 14.3. The second kappa shape index (κ2) is 8.97. The van der Waals surface area contributed by atoms with Gasteiger partial charge in [-0.3, -0.25) is 4.79 Å². The third-order valence-corrected chi connectivity index (χ3v) is 10.5. The Balaban J connectivity index is 1.60. The molecule has 6 nitrogen and oxygen atoms in total. The Bertz CT molecular complexity index is 1100. The number of carbonyl (C=O) groups excluding carboxylic acids is 1. The molecule has 1 amide bonds. The van der Waals surface area contributed by atoms with Crippen LogP contribution in [0.4, 0.5) is 5.00 Å². The number of hydrogen-bond acceptors (Lipinski definition) is 6. The Morgan fingerprint density at radius 2 is 1.97 bits per heavy atom. The van der Waals surface area contributed by atoms with Crippen molar-refractivity contribution in [3.63, 3.8) is 0 Å². The van der Waals surface area contributed by atoms with Gasteiger partial charge in [0.1, 0.15) is 21.3 Å². The molecule has 1 aliphatic heterocycles. The summed E-state index contributed by atoms with van der Waals surface area (Å²) in [5, 5.41) is 13.1. The second-order valence-electron chi connectivity index (χ2n) is 7.56. The van der Waals surface area contributed by atoms with Gasteiger partial charge in [-0.15, -0.1) is 22.7 Å². The van der Waals surface area contributed by atoms with Crippen molar-refractivity contribution in [3.8, 4) is 6.07 Å². The van der Waals surface area contributed by atoms with E-state index in [1.165, 1.54) is 26.6 Å². The summed E-state index contributed by atoms with van der Waals surface area (Å²) in [6.45, 7) is 0.294. The number of hydrogen-bond donors (Lipinski definition) is 1. The highest BCUT2D eigenvalue weighted by atomic mass is 35.5. The number of anilines is 1. The molecule has 2 aliphatic rings. The third kappa shape index (κ3) is 4.16. The largest absolute Gasteiger partial charge is 0.315 e. The van der Waals surface area contributed by atoms with Crippen molar-refractivity contribution in [2.75, 3.05) is 11.9 Å². The van der Waals surface area contributed by atoms with E-state index in [1.807, 2.05) is 0 Å². The maximum absolute atomic E-state index is 13.2. The predicted molar refractivity (Wildman–Crippen MR) is 120 cm³/mol. The molecule has 2 aromatic rings. The second-order valence-corrected chi connectivity index (χ2v) is 12.5.